The summed E-state index contributed by atoms with van der Waals surface area (Å²) >= 11 is 7.76. The van der Waals surface area contributed by atoms with Crippen LogP contribution in [0.3, 0.4) is 0 Å². The van der Waals surface area contributed by atoms with E-state index < -0.39 is 0 Å². The number of nitrogens with one attached hydrogen (secondary N) is 1. The summed E-state index contributed by atoms with van der Waals surface area (Å²) in [7, 11) is 0. The molecule has 0 amide bonds. The van der Waals surface area contributed by atoms with Crippen LogP contribution in [0.1, 0.15) is 80.6 Å². The molecule has 2 unspecified atom stereocenters. The standard InChI is InChI=1S/C17H28ClN3OS.C5H12.CH2O/c1-4-9-23-17-20-15(18)11-16(21-17)19-13-5-6-14(10-13)22-8-7-12(2)3;1-5(2,3)4;1-2/h11-14H,4-10H2,1-3H3,(H,19,20,21);1-4H3;1H2. The Balaban J connectivity index is 0.00000105. The molecule has 1 saturated carbocycles. The van der Waals surface area contributed by atoms with Crippen molar-refractivity contribution in [2.75, 3.05) is 17.7 Å². The molecular formula is C23H42ClN3O2S. The van der Waals surface area contributed by atoms with E-state index in [-0.39, 0.29) is 0 Å². The highest BCUT2D eigenvalue weighted by molar-refractivity contribution is 7.99. The Labute approximate surface area is 193 Å². The molecule has 1 heterocycles. The van der Waals surface area contributed by atoms with E-state index in [9.17, 15) is 0 Å². The molecule has 1 aromatic rings. The van der Waals surface area contributed by atoms with Gasteiger partial charge in [0.05, 0.1) is 6.10 Å². The Morgan fingerprint density at radius 3 is 2.47 bits per heavy atom. The summed E-state index contributed by atoms with van der Waals surface area (Å²) in [6, 6.07) is 2.22. The fourth-order valence-corrected chi connectivity index (χ4v) is 3.58. The van der Waals surface area contributed by atoms with E-state index in [1.54, 1.807) is 11.8 Å². The van der Waals surface area contributed by atoms with Gasteiger partial charge in [0.15, 0.2) is 5.16 Å². The Morgan fingerprint density at radius 1 is 1.27 bits per heavy atom. The molecule has 0 aliphatic heterocycles. The van der Waals surface area contributed by atoms with Crippen molar-refractivity contribution in [2.24, 2.45) is 11.3 Å². The Bertz CT molecular complexity index is 576. The van der Waals surface area contributed by atoms with Gasteiger partial charge in [-0.15, -0.1) is 0 Å². The zero-order valence-electron chi connectivity index (χ0n) is 20.0. The van der Waals surface area contributed by atoms with Gasteiger partial charge in [-0.05, 0) is 43.4 Å². The second kappa shape index (κ2) is 15.9. The monoisotopic (exact) mass is 459 g/mol. The third-order valence-electron chi connectivity index (χ3n) is 3.89. The summed E-state index contributed by atoms with van der Waals surface area (Å²) in [4.78, 5) is 16.8. The third-order valence-corrected chi connectivity index (χ3v) is 5.14. The minimum atomic E-state index is 0.373. The zero-order valence-corrected chi connectivity index (χ0v) is 21.5. The van der Waals surface area contributed by atoms with E-state index in [1.807, 2.05) is 12.9 Å². The van der Waals surface area contributed by atoms with Gasteiger partial charge in [0.1, 0.15) is 17.8 Å². The zero-order chi connectivity index (χ0) is 23.2. The highest BCUT2D eigenvalue weighted by Crippen LogP contribution is 2.27. The van der Waals surface area contributed by atoms with Crippen molar-refractivity contribution >= 4 is 36.0 Å². The predicted molar refractivity (Wildman–Crippen MR) is 131 cm³/mol. The highest BCUT2D eigenvalue weighted by Gasteiger charge is 2.25. The van der Waals surface area contributed by atoms with Crippen molar-refractivity contribution in [3.05, 3.63) is 11.2 Å². The highest BCUT2D eigenvalue weighted by atomic mass is 35.5. The van der Waals surface area contributed by atoms with Crippen molar-refractivity contribution in [3.8, 4) is 0 Å². The van der Waals surface area contributed by atoms with Gasteiger partial charge >= 0.3 is 0 Å². The lowest BCUT2D eigenvalue weighted by Crippen LogP contribution is -2.19. The SMILES string of the molecule is C=O.CC(C)(C)C.CCCSc1nc(Cl)cc(NC2CCC(OCCC(C)C)C2)n1. The molecule has 1 aliphatic rings. The Hall–Kier alpha value is -0.850. The van der Waals surface area contributed by atoms with Crippen molar-refractivity contribution in [2.45, 2.75) is 97.9 Å². The Kier molecular flexibility index (Phi) is 15.4. The number of halogens is 1. The van der Waals surface area contributed by atoms with Crippen LogP contribution in [0.15, 0.2) is 11.2 Å². The number of thioether (sulfide) groups is 1. The van der Waals surface area contributed by atoms with Crippen LogP contribution in [-0.4, -0.2) is 41.3 Å². The molecule has 2 rings (SSSR count). The normalized spacial score (nSPS) is 18.3. The number of carbonyl (C=O) groups is 1. The molecular weight excluding hydrogens is 418 g/mol. The molecule has 174 valence electrons. The van der Waals surface area contributed by atoms with E-state index in [0.29, 0.717) is 28.6 Å². The number of aromatic nitrogens is 2. The van der Waals surface area contributed by atoms with Crippen LogP contribution < -0.4 is 5.32 Å². The van der Waals surface area contributed by atoms with Crippen molar-refractivity contribution in [1.82, 2.24) is 9.97 Å². The summed E-state index contributed by atoms with van der Waals surface area (Å²) < 4.78 is 5.98. The quantitative estimate of drug-likeness (QED) is 0.246. The van der Waals surface area contributed by atoms with Crippen LogP contribution in [0.2, 0.25) is 5.15 Å². The number of rotatable bonds is 9. The first kappa shape index (κ1) is 29.1. The maximum Gasteiger partial charge on any atom is 0.190 e. The molecule has 0 radical (unpaired) electrons. The van der Waals surface area contributed by atoms with E-state index >= 15 is 0 Å². The summed E-state index contributed by atoms with van der Waals surface area (Å²) in [6.45, 7) is 18.2. The van der Waals surface area contributed by atoms with Gasteiger partial charge in [0.2, 0.25) is 0 Å². The minimum Gasteiger partial charge on any atom is -0.378 e. The van der Waals surface area contributed by atoms with Crippen LogP contribution in [0.5, 0.6) is 0 Å². The third kappa shape index (κ3) is 15.9. The van der Waals surface area contributed by atoms with Gasteiger partial charge in [0, 0.05) is 24.5 Å². The van der Waals surface area contributed by atoms with E-state index in [0.717, 1.165) is 55.4 Å². The molecule has 0 spiro atoms. The molecule has 0 bridgehead atoms. The largest absolute Gasteiger partial charge is 0.378 e. The maximum atomic E-state index is 8.00. The molecule has 5 nitrogen and oxygen atoms in total. The summed E-state index contributed by atoms with van der Waals surface area (Å²) in [6.07, 6.45) is 5.88. The molecule has 0 saturated heterocycles. The smallest absolute Gasteiger partial charge is 0.190 e. The molecule has 7 heteroatoms. The van der Waals surface area contributed by atoms with E-state index in [1.165, 1.54) is 0 Å². The second-order valence-corrected chi connectivity index (χ2v) is 11.0. The number of ether oxygens (including phenoxy) is 1. The van der Waals surface area contributed by atoms with Crippen molar-refractivity contribution < 1.29 is 9.53 Å². The fourth-order valence-electron chi connectivity index (χ4n) is 2.63. The fraction of sp³-hybridized carbons (Fsp3) is 0.783. The molecule has 2 atom stereocenters. The average Bonchev–Trinajstić information content (AvgIpc) is 3.06. The number of nitrogens with zero attached hydrogens (tertiary/aromatic N) is 2. The first-order chi connectivity index (χ1) is 14.1. The van der Waals surface area contributed by atoms with Gasteiger partial charge in [-0.1, -0.05) is 71.8 Å². The lowest BCUT2D eigenvalue weighted by molar-refractivity contribution is -0.0980. The van der Waals surface area contributed by atoms with E-state index in [4.69, 9.17) is 21.1 Å². The topological polar surface area (TPSA) is 64.1 Å². The van der Waals surface area contributed by atoms with Gasteiger partial charge < -0.3 is 14.8 Å². The lowest BCUT2D eigenvalue weighted by atomic mass is 10.0. The molecule has 1 aliphatic carbocycles. The van der Waals surface area contributed by atoms with Gasteiger partial charge in [-0.3, -0.25) is 0 Å². The molecule has 1 aromatic heterocycles. The number of carbonyl (C=O) groups excluding carboxylic acids is 1. The summed E-state index contributed by atoms with van der Waals surface area (Å²) in [5, 5.41) is 4.76. The van der Waals surface area contributed by atoms with Gasteiger partial charge in [-0.25, -0.2) is 9.97 Å². The van der Waals surface area contributed by atoms with Crippen LogP contribution in [0.25, 0.3) is 0 Å². The van der Waals surface area contributed by atoms with Crippen LogP contribution in [0.4, 0.5) is 5.82 Å². The van der Waals surface area contributed by atoms with Crippen LogP contribution in [0, 0.1) is 11.3 Å². The first-order valence-electron chi connectivity index (χ1n) is 10.9. The van der Waals surface area contributed by atoms with Crippen molar-refractivity contribution in [3.63, 3.8) is 0 Å². The number of hydrogen-bond donors (Lipinski definition) is 1. The predicted octanol–water partition coefficient (Wildman–Crippen LogP) is 6.90. The lowest BCUT2D eigenvalue weighted by Gasteiger charge is -2.15. The Morgan fingerprint density at radius 2 is 1.90 bits per heavy atom. The maximum absolute atomic E-state index is 8.00. The summed E-state index contributed by atoms with van der Waals surface area (Å²) in [5.41, 5.74) is 0.500. The number of anilines is 1. The van der Waals surface area contributed by atoms with Crippen LogP contribution >= 0.6 is 23.4 Å². The summed E-state index contributed by atoms with van der Waals surface area (Å²) in [5.74, 6) is 2.54. The molecule has 0 aromatic carbocycles. The minimum absolute atomic E-state index is 0.373. The molecule has 1 fully saturated rings. The number of hydrogen-bond acceptors (Lipinski definition) is 6. The molecule has 1 N–H and O–H groups in total. The van der Waals surface area contributed by atoms with Gasteiger partial charge in [-0.2, -0.15) is 0 Å². The van der Waals surface area contributed by atoms with Gasteiger partial charge in [0.25, 0.3) is 0 Å². The molecule has 30 heavy (non-hydrogen) atoms. The van der Waals surface area contributed by atoms with E-state index in [2.05, 4.69) is 63.8 Å². The second-order valence-electron chi connectivity index (χ2n) is 9.54. The van der Waals surface area contributed by atoms with Crippen LogP contribution in [-0.2, 0) is 9.53 Å². The average molecular weight is 460 g/mol. The van der Waals surface area contributed by atoms with Crippen molar-refractivity contribution in [1.29, 1.82) is 0 Å². The first-order valence-corrected chi connectivity index (χ1v) is 12.3.